The van der Waals surface area contributed by atoms with Crippen LogP contribution in [0.1, 0.15) is 11.1 Å². The van der Waals surface area contributed by atoms with Gasteiger partial charge in [-0.2, -0.15) is 0 Å². The molecule has 0 aliphatic rings. The molecule has 0 spiro atoms. The van der Waals surface area contributed by atoms with E-state index in [1.165, 1.54) is 9.78 Å². The molecule has 0 aromatic heterocycles. The maximum Gasteiger partial charge on any atom is 0.131 e. The first-order chi connectivity index (χ1) is 12.6. The largest absolute Gasteiger partial charge is 0.383 e. The molecule has 0 aliphatic carbocycles. The molecule has 26 heavy (non-hydrogen) atoms. The van der Waals surface area contributed by atoms with Gasteiger partial charge in [0.2, 0.25) is 0 Å². The molecule has 0 aliphatic heterocycles. The van der Waals surface area contributed by atoms with Crippen molar-refractivity contribution in [2.75, 3.05) is 6.66 Å². The van der Waals surface area contributed by atoms with E-state index < -0.39 is 0 Å². The van der Waals surface area contributed by atoms with Crippen LogP contribution in [0.2, 0.25) is 0 Å². The standard InChI is InChI=1S/C15H14N2.C7H8BrP/c1-12(13-8-4-2-5-9-13)17-15(16)14-10-6-3-7-11-14;1-9-7-4-2-3-6(8)5-7/h2-11H,1H2,(H2,16,17);2-5,9H,1H3. The summed E-state index contributed by atoms with van der Waals surface area (Å²) in [5.41, 5.74) is 8.48. The highest BCUT2D eigenvalue weighted by Gasteiger charge is 1.99. The maximum atomic E-state index is 5.92. The lowest BCUT2D eigenvalue weighted by atomic mass is 10.1. The monoisotopic (exact) mass is 424 g/mol. The summed E-state index contributed by atoms with van der Waals surface area (Å²) in [5.74, 6) is 0.486. The van der Waals surface area contributed by atoms with Crippen molar-refractivity contribution in [3.63, 3.8) is 0 Å². The zero-order chi connectivity index (χ0) is 18.8. The number of amidine groups is 1. The van der Waals surface area contributed by atoms with E-state index in [1.54, 1.807) is 0 Å². The smallest absolute Gasteiger partial charge is 0.131 e. The normalized spacial score (nSPS) is 11.1. The quantitative estimate of drug-likeness (QED) is 0.337. The predicted octanol–water partition coefficient (Wildman–Crippen LogP) is 5.45. The van der Waals surface area contributed by atoms with Crippen LogP contribution in [0.15, 0.2) is 101 Å². The minimum Gasteiger partial charge on any atom is -0.383 e. The van der Waals surface area contributed by atoms with Gasteiger partial charge in [-0.05, 0) is 29.7 Å². The molecule has 0 fully saturated rings. The van der Waals surface area contributed by atoms with Gasteiger partial charge in [-0.1, -0.05) is 104 Å². The van der Waals surface area contributed by atoms with Crippen LogP contribution in [-0.2, 0) is 0 Å². The molecule has 3 aromatic rings. The van der Waals surface area contributed by atoms with Gasteiger partial charge in [0.15, 0.2) is 0 Å². The zero-order valence-electron chi connectivity index (χ0n) is 14.7. The number of aliphatic imine (C=N–C) groups is 1. The zero-order valence-corrected chi connectivity index (χ0v) is 17.3. The predicted molar refractivity (Wildman–Crippen MR) is 121 cm³/mol. The first-order valence-electron chi connectivity index (χ1n) is 8.17. The van der Waals surface area contributed by atoms with Crippen LogP contribution in [0.25, 0.3) is 5.70 Å². The van der Waals surface area contributed by atoms with Gasteiger partial charge >= 0.3 is 0 Å². The molecular formula is C22H22BrN2P. The van der Waals surface area contributed by atoms with E-state index in [-0.39, 0.29) is 0 Å². The van der Waals surface area contributed by atoms with Crippen molar-refractivity contribution in [3.05, 3.63) is 107 Å². The van der Waals surface area contributed by atoms with Gasteiger partial charge in [0.05, 0.1) is 5.70 Å². The lowest BCUT2D eigenvalue weighted by Gasteiger charge is -2.03. The van der Waals surface area contributed by atoms with Gasteiger partial charge in [0, 0.05) is 10.0 Å². The lowest BCUT2D eigenvalue weighted by molar-refractivity contribution is 1.46. The van der Waals surface area contributed by atoms with Crippen molar-refractivity contribution in [1.29, 1.82) is 0 Å². The Morgan fingerprint density at radius 1 is 0.885 bits per heavy atom. The highest BCUT2D eigenvalue weighted by molar-refractivity contribution is 9.10. The Morgan fingerprint density at radius 2 is 1.46 bits per heavy atom. The number of nitrogens with two attached hydrogens (primary N) is 1. The van der Waals surface area contributed by atoms with Gasteiger partial charge in [0.1, 0.15) is 5.84 Å². The maximum absolute atomic E-state index is 5.92. The van der Waals surface area contributed by atoms with Crippen LogP contribution in [0.3, 0.4) is 0 Å². The summed E-state index contributed by atoms with van der Waals surface area (Å²) in [7, 11) is 0.896. The summed E-state index contributed by atoms with van der Waals surface area (Å²) in [6.45, 7) is 6.11. The van der Waals surface area contributed by atoms with E-state index >= 15 is 0 Å². The first kappa shape index (κ1) is 20.1. The van der Waals surface area contributed by atoms with Crippen LogP contribution in [-0.4, -0.2) is 12.5 Å². The van der Waals surface area contributed by atoms with Crippen molar-refractivity contribution in [1.82, 2.24) is 0 Å². The summed E-state index contributed by atoms with van der Waals surface area (Å²) < 4.78 is 1.18. The molecule has 3 aromatic carbocycles. The molecular weight excluding hydrogens is 403 g/mol. The number of hydrogen-bond acceptors (Lipinski definition) is 1. The average Bonchev–Trinajstić information content (AvgIpc) is 2.69. The average molecular weight is 425 g/mol. The Labute approximate surface area is 165 Å². The molecule has 1 unspecified atom stereocenters. The Hall–Kier alpha value is -2.22. The molecule has 2 nitrogen and oxygen atoms in total. The van der Waals surface area contributed by atoms with Crippen molar-refractivity contribution in [2.45, 2.75) is 0 Å². The molecule has 0 saturated heterocycles. The molecule has 0 amide bonds. The third kappa shape index (κ3) is 6.59. The van der Waals surface area contributed by atoms with E-state index in [9.17, 15) is 0 Å². The second-order valence-corrected chi connectivity index (χ2v) is 7.43. The highest BCUT2D eigenvalue weighted by Crippen LogP contribution is 2.13. The lowest BCUT2D eigenvalue weighted by Crippen LogP contribution is -2.12. The first-order valence-corrected chi connectivity index (χ1v) is 10.5. The molecule has 0 bridgehead atoms. The van der Waals surface area contributed by atoms with Crippen molar-refractivity contribution in [3.8, 4) is 0 Å². The number of nitrogens with zero attached hydrogens (tertiary/aromatic N) is 1. The molecule has 132 valence electrons. The Balaban J connectivity index is 0.000000228. The topological polar surface area (TPSA) is 38.4 Å². The van der Waals surface area contributed by atoms with E-state index in [0.29, 0.717) is 11.5 Å². The van der Waals surface area contributed by atoms with Gasteiger partial charge in [-0.15, -0.1) is 0 Å². The van der Waals surface area contributed by atoms with Crippen molar-refractivity contribution < 1.29 is 0 Å². The third-order valence-corrected chi connectivity index (χ3v) is 4.93. The minimum absolute atomic E-state index is 0.486. The van der Waals surface area contributed by atoms with Gasteiger partial charge in [-0.25, -0.2) is 4.99 Å². The fourth-order valence-electron chi connectivity index (χ4n) is 2.16. The second-order valence-electron chi connectivity index (χ2n) is 5.44. The molecule has 3 rings (SSSR count). The van der Waals surface area contributed by atoms with E-state index in [4.69, 9.17) is 5.73 Å². The van der Waals surface area contributed by atoms with E-state index in [0.717, 1.165) is 19.7 Å². The molecule has 0 saturated carbocycles. The molecule has 4 heteroatoms. The van der Waals surface area contributed by atoms with E-state index in [2.05, 4.69) is 52.4 Å². The molecule has 2 N–H and O–H groups in total. The highest BCUT2D eigenvalue weighted by atomic mass is 79.9. The number of benzene rings is 3. The van der Waals surface area contributed by atoms with Crippen LogP contribution in [0, 0.1) is 0 Å². The van der Waals surface area contributed by atoms with Gasteiger partial charge < -0.3 is 5.73 Å². The summed E-state index contributed by atoms with van der Waals surface area (Å²) in [6.07, 6.45) is 0. The molecule has 0 heterocycles. The minimum atomic E-state index is 0.486. The Morgan fingerprint density at radius 3 is 1.96 bits per heavy atom. The summed E-state index contributed by atoms with van der Waals surface area (Å²) >= 11 is 3.41. The van der Waals surface area contributed by atoms with Gasteiger partial charge in [0.25, 0.3) is 0 Å². The molecule has 0 radical (unpaired) electrons. The number of rotatable bonds is 4. The van der Waals surface area contributed by atoms with Crippen LogP contribution in [0.5, 0.6) is 0 Å². The number of hydrogen-bond donors (Lipinski definition) is 1. The van der Waals surface area contributed by atoms with Gasteiger partial charge in [-0.3, -0.25) is 0 Å². The second kappa shape index (κ2) is 10.7. The Kier molecular flexibility index (Phi) is 8.27. The summed E-state index contributed by atoms with van der Waals surface area (Å²) in [4.78, 5) is 4.32. The SMILES string of the molecule is C=C(N=C(N)c1ccccc1)c1ccccc1.CPc1cccc(Br)c1. The Bertz CT molecular complexity index is 862. The third-order valence-electron chi connectivity index (χ3n) is 3.55. The van der Waals surface area contributed by atoms with Crippen LogP contribution in [0.4, 0.5) is 0 Å². The van der Waals surface area contributed by atoms with Crippen molar-refractivity contribution >= 4 is 41.3 Å². The van der Waals surface area contributed by atoms with Crippen LogP contribution >= 0.6 is 24.5 Å². The van der Waals surface area contributed by atoms with E-state index in [1.807, 2.05) is 66.7 Å². The fraction of sp³-hybridized carbons (Fsp3) is 0.0455. The van der Waals surface area contributed by atoms with Crippen LogP contribution < -0.4 is 11.0 Å². The summed E-state index contributed by atoms with van der Waals surface area (Å²) in [5, 5.41) is 1.41. The van der Waals surface area contributed by atoms with Crippen molar-refractivity contribution in [2.24, 2.45) is 10.7 Å². The summed E-state index contributed by atoms with van der Waals surface area (Å²) in [6, 6.07) is 27.9. The number of halogens is 1. The fourth-order valence-corrected chi connectivity index (χ4v) is 3.33. The molecule has 1 atom stereocenters.